The van der Waals surface area contributed by atoms with Crippen molar-refractivity contribution in [1.29, 1.82) is 0 Å². The number of hydrogen-bond acceptors (Lipinski definition) is 3. The molecule has 1 amide bonds. The summed E-state index contributed by atoms with van der Waals surface area (Å²) in [4.78, 5) is 17.0. The largest absolute Gasteiger partial charge is 0.495 e. The number of imidazole rings is 1. The Labute approximate surface area is 162 Å². The molecule has 0 saturated heterocycles. The van der Waals surface area contributed by atoms with E-state index >= 15 is 0 Å². The molecule has 1 N–H and O–H groups in total. The summed E-state index contributed by atoms with van der Waals surface area (Å²) in [6.07, 6.45) is 7.19. The minimum absolute atomic E-state index is 0.227. The van der Waals surface area contributed by atoms with Crippen LogP contribution in [0.3, 0.4) is 0 Å². The summed E-state index contributed by atoms with van der Waals surface area (Å²) in [5.74, 6) is 0.364. The lowest BCUT2D eigenvalue weighted by molar-refractivity contribution is -0.111. The van der Waals surface area contributed by atoms with E-state index < -0.39 is 0 Å². The molecule has 2 heterocycles. The third-order valence-electron chi connectivity index (χ3n) is 4.34. The van der Waals surface area contributed by atoms with Crippen molar-refractivity contribution in [3.05, 3.63) is 90.8 Å². The third-order valence-corrected chi connectivity index (χ3v) is 4.34. The van der Waals surface area contributed by atoms with Crippen LogP contribution in [0.5, 0.6) is 5.75 Å². The molecular weight excluding hydrogens is 350 g/mol. The highest BCUT2D eigenvalue weighted by atomic mass is 16.5. The number of nitrogens with zero attached hydrogens (tertiary/aromatic N) is 2. The summed E-state index contributed by atoms with van der Waals surface area (Å²) in [6, 6.07) is 21.2. The van der Waals surface area contributed by atoms with Gasteiger partial charge in [-0.1, -0.05) is 36.4 Å². The molecule has 5 heteroatoms. The topological polar surface area (TPSA) is 55.6 Å². The van der Waals surface area contributed by atoms with Gasteiger partial charge in [0.2, 0.25) is 5.91 Å². The molecule has 28 heavy (non-hydrogen) atoms. The Hall–Kier alpha value is -3.86. The molecule has 138 valence electrons. The zero-order valence-electron chi connectivity index (χ0n) is 15.4. The van der Waals surface area contributed by atoms with Crippen molar-refractivity contribution in [1.82, 2.24) is 9.38 Å². The van der Waals surface area contributed by atoms with E-state index in [0.717, 1.165) is 22.5 Å². The van der Waals surface area contributed by atoms with Crippen LogP contribution in [0.25, 0.3) is 23.0 Å². The smallest absolute Gasteiger partial charge is 0.248 e. The van der Waals surface area contributed by atoms with E-state index in [1.807, 2.05) is 83.5 Å². The standard InChI is InChI=1S/C23H19N3O2/c1-28-21-12-11-18(20-16-26-14-6-5-9-22(26)24-20)15-19(21)25-23(27)13-10-17-7-3-2-4-8-17/h2-16H,1H3,(H,25,27)/b13-10+. The van der Waals surface area contributed by atoms with Crippen molar-refractivity contribution in [3.8, 4) is 17.0 Å². The Morgan fingerprint density at radius 2 is 1.89 bits per heavy atom. The molecule has 2 aromatic carbocycles. The van der Waals surface area contributed by atoms with Gasteiger partial charge in [0.15, 0.2) is 0 Å². The van der Waals surface area contributed by atoms with Crippen LogP contribution in [0.1, 0.15) is 5.56 Å². The van der Waals surface area contributed by atoms with Crippen molar-refractivity contribution in [2.24, 2.45) is 0 Å². The highest BCUT2D eigenvalue weighted by Crippen LogP contribution is 2.30. The Kier molecular flexibility index (Phi) is 4.89. The number of pyridine rings is 1. The predicted octanol–water partition coefficient (Wildman–Crippen LogP) is 4.66. The number of rotatable bonds is 5. The lowest BCUT2D eigenvalue weighted by Gasteiger charge is -2.10. The third kappa shape index (κ3) is 3.78. The second-order valence-corrected chi connectivity index (χ2v) is 6.24. The maximum Gasteiger partial charge on any atom is 0.248 e. The number of benzene rings is 2. The zero-order chi connectivity index (χ0) is 19.3. The van der Waals surface area contributed by atoms with Gasteiger partial charge < -0.3 is 14.5 Å². The molecule has 0 saturated carbocycles. The number of fused-ring (bicyclic) bond motifs is 1. The molecule has 0 aliphatic rings. The van der Waals surface area contributed by atoms with Crippen molar-refractivity contribution >= 4 is 23.3 Å². The van der Waals surface area contributed by atoms with E-state index in [2.05, 4.69) is 10.3 Å². The van der Waals surface area contributed by atoms with E-state index in [9.17, 15) is 4.79 Å². The van der Waals surface area contributed by atoms with Gasteiger partial charge in [-0.2, -0.15) is 0 Å². The fourth-order valence-corrected chi connectivity index (χ4v) is 2.95. The molecule has 4 rings (SSSR count). The van der Waals surface area contributed by atoms with Crippen LogP contribution >= 0.6 is 0 Å². The monoisotopic (exact) mass is 369 g/mol. The van der Waals surface area contributed by atoms with E-state index in [0.29, 0.717) is 11.4 Å². The molecular formula is C23H19N3O2. The van der Waals surface area contributed by atoms with E-state index in [1.165, 1.54) is 6.08 Å². The number of hydrogen-bond donors (Lipinski definition) is 1. The van der Waals surface area contributed by atoms with Gasteiger partial charge in [0.05, 0.1) is 18.5 Å². The van der Waals surface area contributed by atoms with Crippen LogP contribution in [0, 0.1) is 0 Å². The number of carbonyl (C=O) groups is 1. The van der Waals surface area contributed by atoms with Gasteiger partial charge in [-0.15, -0.1) is 0 Å². The molecule has 0 aliphatic heterocycles. The lowest BCUT2D eigenvalue weighted by Crippen LogP contribution is -2.09. The lowest BCUT2D eigenvalue weighted by atomic mass is 10.1. The summed E-state index contributed by atoms with van der Waals surface area (Å²) >= 11 is 0. The van der Waals surface area contributed by atoms with Crippen LogP contribution in [0.2, 0.25) is 0 Å². The van der Waals surface area contributed by atoms with Crippen molar-refractivity contribution in [2.45, 2.75) is 0 Å². The van der Waals surface area contributed by atoms with Crippen LogP contribution in [0.15, 0.2) is 85.2 Å². The van der Waals surface area contributed by atoms with Gasteiger partial charge in [-0.05, 0) is 42.0 Å². The van der Waals surface area contributed by atoms with Gasteiger partial charge in [-0.3, -0.25) is 4.79 Å². The minimum Gasteiger partial charge on any atom is -0.495 e. The Bertz CT molecular complexity index is 1110. The number of nitrogens with one attached hydrogen (secondary N) is 1. The summed E-state index contributed by atoms with van der Waals surface area (Å²) < 4.78 is 7.35. The van der Waals surface area contributed by atoms with Crippen LogP contribution in [0.4, 0.5) is 5.69 Å². The normalized spacial score (nSPS) is 11.0. The van der Waals surface area contributed by atoms with Crippen LogP contribution < -0.4 is 10.1 Å². The van der Waals surface area contributed by atoms with Crippen molar-refractivity contribution in [3.63, 3.8) is 0 Å². The SMILES string of the molecule is COc1ccc(-c2cn3ccccc3n2)cc1NC(=O)/C=C/c1ccccc1. The second kappa shape index (κ2) is 7.80. The van der Waals surface area contributed by atoms with Gasteiger partial charge in [0.25, 0.3) is 0 Å². The maximum atomic E-state index is 12.4. The quantitative estimate of drug-likeness (QED) is 0.521. The molecule has 0 atom stereocenters. The number of ether oxygens (including phenoxy) is 1. The van der Waals surface area contributed by atoms with Gasteiger partial charge >= 0.3 is 0 Å². The fourth-order valence-electron chi connectivity index (χ4n) is 2.95. The summed E-state index contributed by atoms with van der Waals surface area (Å²) in [5.41, 5.74) is 4.14. The van der Waals surface area contributed by atoms with Gasteiger partial charge in [-0.25, -0.2) is 4.98 Å². The first-order valence-electron chi connectivity index (χ1n) is 8.89. The molecule has 0 aliphatic carbocycles. The van der Waals surface area contributed by atoms with Crippen molar-refractivity contribution < 1.29 is 9.53 Å². The summed E-state index contributed by atoms with van der Waals surface area (Å²) in [5, 5.41) is 2.89. The van der Waals surface area contributed by atoms with Crippen molar-refractivity contribution in [2.75, 3.05) is 12.4 Å². The average Bonchev–Trinajstić information content (AvgIpc) is 3.17. The number of methoxy groups -OCH3 is 1. The fraction of sp³-hybridized carbons (Fsp3) is 0.0435. The molecule has 0 fully saturated rings. The van der Waals surface area contributed by atoms with Gasteiger partial charge in [0.1, 0.15) is 11.4 Å². The highest BCUT2D eigenvalue weighted by Gasteiger charge is 2.10. The molecule has 0 radical (unpaired) electrons. The highest BCUT2D eigenvalue weighted by molar-refractivity contribution is 6.03. The first kappa shape index (κ1) is 17.5. The van der Waals surface area contributed by atoms with Crippen LogP contribution in [-0.2, 0) is 4.79 Å². The molecule has 4 aromatic rings. The minimum atomic E-state index is -0.227. The summed E-state index contributed by atoms with van der Waals surface area (Å²) in [6.45, 7) is 0. The zero-order valence-corrected chi connectivity index (χ0v) is 15.4. The number of amides is 1. The molecule has 0 bridgehead atoms. The van der Waals surface area contributed by atoms with E-state index in [-0.39, 0.29) is 5.91 Å². The van der Waals surface area contributed by atoms with Crippen LogP contribution in [-0.4, -0.2) is 22.4 Å². The first-order chi connectivity index (χ1) is 13.7. The van der Waals surface area contributed by atoms with E-state index in [4.69, 9.17) is 4.74 Å². The Balaban J connectivity index is 1.60. The van der Waals surface area contributed by atoms with Gasteiger partial charge in [0, 0.05) is 24.0 Å². The summed E-state index contributed by atoms with van der Waals surface area (Å²) in [7, 11) is 1.58. The molecule has 0 spiro atoms. The maximum absolute atomic E-state index is 12.4. The predicted molar refractivity (Wildman–Crippen MR) is 111 cm³/mol. The number of aromatic nitrogens is 2. The number of anilines is 1. The molecule has 0 unspecified atom stereocenters. The first-order valence-corrected chi connectivity index (χ1v) is 8.89. The second-order valence-electron chi connectivity index (χ2n) is 6.24. The Morgan fingerprint density at radius 3 is 2.68 bits per heavy atom. The number of carbonyl (C=O) groups excluding carboxylic acids is 1. The average molecular weight is 369 g/mol. The molecule has 2 aromatic heterocycles. The Morgan fingerprint density at radius 1 is 1.07 bits per heavy atom. The molecule has 5 nitrogen and oxygen atoms in total. The van der Waals surface area contributed by atoms with E-state index in [1.54, 1.807) is 13.2 Å².